The van der Waals surface area contributed by atoms with E-state index < -0.39 is 0 Å². The summed E-state index contributed by atoms with van der Waals surface area (Å²) in [4.78, 5) is 17.6. The fourth-order valence-electron chi connectivity index (χ4n) is 2.45. The van der Waals surface area contributed by atoms with Crippen molar-refractivity contribution in [2.75, 3.05) is 26.2 Å². The highest BCUT2D eigenvalue weighted by molar-refractivity contribution is 7.12. The molecule has 0 aliphatic carbocycles. The molecule has 106 valence electrons. The van der Waals surface area contributed by atoms with E-state index in [2.05, 4.69) is 21.7 Å². The normalized spacial score (nSPS) is 16.6. The van der Waals surface area contributed by atoms with Crippen molar-refractivity contribution in [3.63, 3.8) is 0 Å². The molecule has 0 spiro atoms. The van der Waals surface area contributed by atoms with Gasteiger partial charge in [-0.05, 0) is 46.3 Å². The zero-order valence-electron chi connectivity index (χ0n) is 11.5. The second kappa shape index (κ2) is 6.08. The average Bonchev–Trinajstić information content (AvgIpc) is 3.10. The molecule has 0 bridgehead atoms. The van der Waals surface area contributed by atoms with Crippen LogP contribution in [0.4, 0.5) is 0 Å². The lowest BCUT2D eigenvalue weighted by atomic mass is 10.2. The highest BCUT2D eigenvalue weighted by Gasteiger charge is 2.22. The quantitative estimate of drug-likeness (QED) is 0.870. The molecule has 3 heterocycles. The Balaban J connectivity index is 1.54. The van der Waals surface area contributed by atoms with Gasteiger partial charge in [0, 0.05) is 32.7 Å². The molecule has 2 aromatic rings. The first-order valence-corrected chi connectivity index (χ1v) is 8.62. The summed E-state index contributed by atoms with van der Waals surface area (Å²) >= 11 is 3.30. The first-order chi connectivity index (χ1) is 9.72. The largest absolute Gasteiger partial charge is 0.335 e. The van der Waals surface area contributed by atoms with E-state index in [4.69, 9.17) is 0 Å². The van der Waals surface area contributed by atoms with Gasteiger partial charge in [-0.2, -0.15) is 11.3 Å². The zero-order chi connectivity index (χ0) is 13.9. The van der Waals surface area contributed by atoms with Gasteiger partial charge in [-0.15, -0.1) is 11.3 Å². The third kappa shape index (κ3) is 3.11. The lowest BCUT2D eigenvalue weighted by Gasteiger charge is -2.34. The van der Waals surface area contributed by atoms with Crippen LogP contribution in [0.15, 0.2) is 28.3 Å². The Kier molecular flexibility index (Phi) is 4.19. The molecule has 0 saturated carbocycles. The number of thiophene rings is 2. The van der Waals surface area contributed by atoms with Crippen LogP contribution in [0.3, 0.4) is 0 Å². The van der Waals surface area contributed by atoms with Gasteiger partial charge >= 0.3 is 0 Å². The first kappa shape index (κ1) is 13.8. The van der Waals surface area contributed by atoms with Crippen LogP contribution in [-0.2, 0) is 6.54 Å². The molecule has 1 aliphatic heterocycles. The van der Waals surface area contributed by atoms with Crippen molar-refractivity contribution in [1.29, 1.82) is 0 Å². The van der Waals surface area contributed by atoms with Crippen molar-refractivity contribution in [2.24, 2.45) is 0 Å². The van der Waals surface area contributed by atoms with Crippen molar-refractivity contribution >= 4 is 28.6 Å². The number of piperazine rings is 1. The van der Waals surface area contributed by atoms with E-state index in [1.165, 1.54) is 11.1 Å². The molecular formula is C15H18N2OS2. The van der Waals surface area contributed by atoms with E-state index in [1.54, 1.807) is 22.7 Å². The minimum absolute atomic E-state index is 0.193. The molecule has 0 N–H and O–H groups in total. The Morgan fingerprint density at radius 3 is 2.65 bits per heavy atom. The van der Waals surface area contributed by atoms with Gasteiger partial charge in [0.1, 0.15) is 0 Å². The Labute approximate surface area is 127 Å². The van der Waals surface area contributed by atoms with Crippen LogP contribution < -0.4 is 0 Å². The smallest absolute Gasteiger partial charge is 0.264 e. The van der Waals surface area contributed by atoms with Crippen molar-refractivity contribution in [1.82, 2.24) is 9.80 Å². The molecule has 1 amide bonds. The van der Waals surface area contributed by atoms with Crippen LogP contribution in [0.1, 0.15) is 20.8 Å². The summed E-state index contributed by atoms with van der Waals surface area (Å²) in [5, 5.41) is 6.36. The second-order valence-electron chi connectivity index (χ2n) is 5.19. The van der Waals surface area contributed by atoms with Gasteiger partial charge in [0.25, 0.3) is 5.91 Å². The maximum Gasteiger partial charge on any atom is 0.264 e. The predicted octanol–water partition coefficient (Wildman–Crippen LogP) is 3.08. The highest BCUT2D eigenvalue weighted by atomic mass is 32.1. The summed E-state index contributed by atoms with van der Waals surface area (Å²) in [5.41, 5.74) is 2.55. The van der Waals surface area contributed by atoms with Crippen LogP contribution in [0.5, 0.6) is 0 Å². The summed E-state index contributed by atoms with van der Waals surface area (Å²) in [6, 6.07) is 4.17. The van der Waals surface area contributed by atoms with Crippen molar-refractivity contribution in [2.45, 2.75) is 13.5 Å². The molecule has 1 saturated heterocycles. The SMILES string of the molecule is Cc1csc(C(=O)N2CCN(Cc3ccsc3)CC2)c1. The molecular weight excluding hydrogens is 288 g/mol. The van der Waals surface area contributed by atoms with E-state index >= 15 is 0 Å². The van der Waals surface area contributed by atoms with Gasteiger partial charge < -0.3 is 4.90 Å². The van der Waals surface area contributed by atoms with Gasteiger partial charge in [-0.25, -0.2) is 0 Å². The van der Waals surface area contributed by atoms with Gasteiger partial charge in [-0.3, -0.25) is 9.69 Å². The van der Waals surface area contributed by atoms with Crippen LogP contribution >= 0.6 is 22.7 Å². The Hall–Kier alpha value is -1.17. The van der Waals surface area contributed by atoms with Crippen LogP contribution in [-0.4, -0.2) is 41.9 Å². The molecule has 2 aromatic heterocycles. The van der Waals surface area contributed by atoms with E-state index in [0.717, 1.165) is 37.6 Å². The number of aryl methyl sites for hydroxylation is 1. The standard InChI is InChI=1S/C15H18N2OS2/c1-12-8-14(20-10-12)15(18)17-5-3-16(4-6-17)9-13-2-7-19-11-13/h2,7-8,10-11H,3-6,9H2,1H3. The molecule has 3 rings (SSSR count). The number of carbonyl (C=O) groups excluding carboxylic acids is 1. The molecule has 1 aliphatic rings. The van der Waals surface area contributed by atoms with Crippen molar-refractivity contribution < 1.29 is 4.79 Å². The van der Waals surface area contributed by atoms with Crippen LogP contribution in [0.25, 0.3) is 0 Å². The van der Waals surface area contributed by atoms with Gasteiger partial charge in [-0.1, -0.05) is 0 Å². The van der Waals surface area contributed by atoms with Crippen molar-refractivity contribution in [3.8, 4) is 0 Å². The molecule has 0 aromatic carbocycles. The minimum atomic E-state index is 0.193. The summed E-state index contributed by atoms with van der Waals surface area (Å²) in [6.07, 6.45) is 0. The number of hydrogen-bond donors (Lipinski definition) is 0. The number of carbonyl (C=O) groups is 1. The molecule has 0 radical (unpaired) electrons. The lowest BCUT2D eigenvalue weighted by molar-refractivity contribution is 0.0633. The molecule has 3 nitrogen and oxygen atoms in total. The maximum atomic E-state index is 12.4. The minimum Gasteiger partial charge on any atom is -0.335 e. The van der Waals surface area contributed by atoms with E-state index in [-0.39, 0.29) is 5.91 Å². The number of nitrogens with zero attached hydrogens (tertiary/aromatic N) is 2. The average molecular weight is 306 g/mol. The van der Waals surface area contributed by atoms with E-state index in [0.29, 0.717) is 0 Å². The van der Waals surface area contributed by atoms with Gasteiger partial charge in [0.2, 0.25) is 0 Å². The number of amides is 1. The predicted molar refractivity (Wildman–Crippen MR) is 84.6 cm³/mol. The summed E-state index contributed by atoms with van der Waals surface area (Å²) in [5.74, 6) is 0.193. The first-order valence-electron chi connectivity index (χ1n) is 6.80. The molecule has 20 heavy (non-hydrogen) atoms. The fraction of sp³-hybridized carbons (Fsp3) is 0.400. The number of hydrogen-bond acceptors (Lipinski definition) is 4. The molecule has 0 unspecified atom stereocenters. The van der Waals surface area contributed by atoms with E-state index in [1.807, 2.05) is 23.3 Å². The van der Waals surface area contributed by atoms with Gasteiger partial charge in [0.05, 0.1) is 4.88 Å². The summed E-state index contributed by atoms with van der Waals surface area (Å²) in [7, 11) is 0. The monoisotopic (exact) mass is 306 g/mol. The number of rotatable bonds is 3. The summed E-state index contributed by atoms with van der Waals surface area (Å²) < 4.78 is 0. The Morgan fingerprint density at radius 1 is 1.25 bits per heavy atom. The molecule has 5 heteroatoms. The topological polar surface area (TPSA) is 23.6 Å². The fourth-order valence-corrected chi connectivity index (χ4v) is 3.97. The Morgan fingerprint density at radius 2 is 2.05 bits per heavy atom. The second-order valence-corrected chi connectivity index (χ2v) is 6.88. The van der Waals surface area contributed by atoms with Crippen LogP contribution in [0, 0.1) is 6.92 Å². The van der Waals surface area contributed by atoms with Crippen molar-refractivity contribution in [3.05, 3.63) is 44.3 Å². The van der Waals surface area contributed by atoms with E-state index in [9.17, 15) is 4.79 Å². The summed E-state index contributed by atoms with van der Waals surface area (Å²) in [6.45, 7) is 6.63. The highest BCUT2D eigenvalue weighted by Crippen LogP contribution is 2.18. The third-order valence-electron chi connectivity index (χ3n) is 3.59. The third-order valence-corrected chi connectivity index (χ3v) is 5.36. The molecule has 0 atom stereocenters. The molecule has 1 fully saturated rings. The lowest BCUT2D eigenvalue weighted by Crippen LogP contribution is -2.48. The Bertz CT molecular complexity index is 568. The van der Waals surface area contributed by atoms with Crippen LogP contribution in [0.2, 0.25) is 0 Å². The van der Waals surface area contributed by atoms with Gasteiger partial charge in [0.15, 0.2) is 0 Å². The maximum absolute atomic E-state index is 12.4. The zero-order valence-corrected chi connectivity index (χ0v) is 13.2.